The lowest BCUT2D eigenvalue weighted by atomic mass is 9.80. The Labute approximate surface area is 169 Å². The zero-order valence-electron chi connectivity index (χ0n) is 16.7. The minimum absolute atomic E-state index is 0.201. The lowest BCUT2D eigenvalue weighted by Crippen LogP contribution is -2.54. The molecule has 2 saturated heterocycles. The van der Waals surface area contributed by atoms with Gasteiger partial charge in [-0.05, 0) is 44.0 Å². The summed E-state index contributed by atoms with van der Waals surface area (Å²) in [6, 6.07) is 16.1. The first kappa shape index (κ1) is 19.3. The summed E-state index contributed by atoms with van der Waals surface area (Å²) in [5, 5.41) is 3.30. The van der Waals surface area contributed by atoms with E-state index in [2.05, 4.69) is 5.32 Å². The van der Waals surface area contributed by atoms with Crippen molar-refractivity contribution in [3.8, 4) is 0 Å². The van der Waals surface area contributed by atoms with Crippen LogP contribution < -0.4 is 10.2 Å². The first-order valence-electron chi connectivity index (χ1n) is 9.83. The number of nitrogens with zero attached hydrogens (tertiary/aromatic N) is 1. The number of carbonyl (C=O) groups excluding carboxylic acids is 3. The van der Waals surface area contributed by atoms with Crippen LogP contribution in [0.1, 0.15) is 31.0 Å². The minimum atomic E-state index is -1.29. The highest BCUT2D eigenvalue weighted by molar-refractivity contribution is 6.24. The van der Waals surface area contributed by atoms with Crippen molar-refractivity contribution < 1.29 is 19.1 Å². The van der Waals surface area contributed by atoms with Gasteiger partial charge in [0.15, 0.2) is 0 Å². The molecular weight excluding hydrogens is 368 g/mol. The number of rotatable bonds is 4. The lowest BCUT2D eigenvalue weighted by molar-refractivity contribution is -0.153. The Hall–Kier alpha value is -2.99. The Bertz CT molecular complexity index is 974. The van der Waals surface area contributed by atoms with Crippen molar-refractivity contribution >= 4 is 23.5 Å². The van der Waals surface area contributed by atoms with Crippen molar-refractivity contribution in [1.29, 1.82) is 0 Å². The molecule has 6 heteroatoms. The Morgan fingerprint density at radius 1 is 1.07 bits per heavy atom. The number of amides is 2. The van der Waals surface area contributed by atoms with E-state index in [0.29, 0.717) is 5.69 Å². The molecule has 0 unspecified atom stereocenters. The number of para-hydroxylation sites is 1. The van der Waals surface area contributed by atoms with Crippen molar-refractivity contribution in [3.05, 3.63) is 65.7 Å². The van der Waals surface area contributed by atoms with Gasteiger partial charge in [-0.2, -0.15) is 0 Å². The topological polar surface area (TPSA) is 75.7 Å². The second kappa shape index (κ2) is 7.12. The Morgan fingerprint density at radius 3 is 2.38 bits per heavy atom. The third-order valence-corrected chi connectivity index (χ3v) is 6.02. The molecule has 2 aliphatic heterocycles. The van der Waals surface area contributed by atoms with Crippen LogP contribution in [-0.4, -0.2) is 29.9 Å². The van der Waals surface area contributed by atoms with Gasteiger partial charge in [0.25, 0.3) is 0 Å². The third kappa shape index (κ3) is 2.86. The summed E-state index contributed by atoms with van der Waals surface area (Å²) in [6.45, 7) is 5.56. The molecular formula is C23H24N2O4. The largest absolute Gasteiger partial charge is 0.465 e. The molecule has 0 spiro atoms. The number of ether oxygens (including phenoxy) is 1. The number of imide groups is 1. The zero-order chi connectivity index (χ0) is 20.8. The number of nitrogens with one attached hydrogen (secondary N) is 1. The summed E-state index contributed by atoms with van der Waals surface area (Å²) in [4.78, 5) is 41.0. The van der Waals surface area contributed by atoms with Gasteiger partial charge in [-0.25, -0.2) is 4.90 Å². The Kier molecular flexibility index (Phi) is 4.74. The highest BCUT2D eigenvalue weighted by Crippen LogP contribution is 2.50. The average Bonchev–Trinajstić information content (AvgIpc) is 3.17. The molecule has 2 heterocycles. The second-order valence-electron chi connectivity index (χ2n) is 7.75. The Balaban J connectivity index is 1.84. The highest BCUT2D eigenvalue weighted by atomic mass is 16.5. The second-order valence-corrected chi connectivity index (χ2v) is 7.75. The molecule has 0 aromatic heterocycles. The van der Waals surface area contributed by atoms with E-state index < -0.39 is 29.4 Å². The maximum Gasteiger partial charge on any atom is 0.326 e. The van der Waals surface area contributed by atoms with Crippen LogP contribution in [0.2, 0.25) is 0 Å². The molecule has 1 N–H and O–H groups in total. The van der Waals surface area contributed by atoms with Gasteiger partial charge in [-0.15, -0.1) is 0 Å². The van der Waals surface area contributed by atoms with Crippen LogP contribution in [-0.2, 0) is 19.1 Å². The maximum atomic E-state index is 13.5. The fraction of sp³-hybridized carbons (Fsp3) is 0.348. The fourth-order valence-corrected chi connectivity index (χ4v) is 4.64. The molecule has 0 bridgehead atoms. The number of fused-ring (bicyclic) bond motifs is 1. The smallest absolute Gasteiger partial charge is 0.326 e. The maximum absolute atomic E-state index is 13.5. The van der Waals surface area contributed by atoms with E-state index in [1.807, 2.05) is 37.3 Å². The molecule has 0 saturated carbocycles. The van der Waals surface area contributed by atoms with Crippen molar-refractivity contribution in [2.75, 3.05) is 11.5 Å². The van der Waals surface area contributed by atoms with Crippen LogP contribution in [0, 0.1) is 18.8 Å². The van der Waals surface area contributed by atoms with Gasteiger partial charge < -0.3 is 4.74 Å². The predicted molar refractivity (Wildman–Crippen MR) is 108 cm³/mol. The molecule has 150 valence electrons. The number of benzene rings is 2. The molecule has 29 heavy (non-hydrogen) atoms. The molecule has 0 aliphatic carbocycles. The van der Waals surface area contributed by atoms with Gasteiger partial charge >= 0.3 is 5.97 Å². The first-order valence-corrected chi connectivity index (χ1v) is 9.83. The van der Waals surface area contributed by atoms with E-state index in [0.717, 1.165) is 11.1 Å². The van der Waals surface area contributed by atoms with Gasteiger partial charge in [0.05, 0.1) is 24.1 Å². The average molecular weight is 392 g/mol. The third-order valence-electron chi connectivity index (χ3n) is 6.02. The number of anilines is 1. The summed E-state index contributed by atoms with van der Waals surface area (Å²) in [5.41, 5.74) is 1.14. The molecule has 2 amide bonds. The van der Waals surface area contributed by atoms with E-state index in [1.54, 1.807) is 38.1 Å². The van der Waals surface area contributed by atoms with Gasteiger partial charge in [0, 0.05) is 6.04 Å². The molecule has 2 aromatic rings. The number of aryl methyl sites for hydroxylation is 1. The molecule has 4 atom stereocenters. The van der Waals surface area contributed by atoms with Crippen LogP contribution >= 0.6 is 0 Å². The highest BCUT2D eigenvalue weighted by Gasteiger charge is 2.67. The number of esters is 1. The van der Waals surface area contributed by atoms with Crippen LogP contribution in [0.25, 0.3) is 0 Å². The van der Waals surface area contributed by atoms with Crippen LogP contribution in [0.5, 0.6) is 0 Å². The van der Waals surface area contributed by atoms with Crippen molar-refractivity contribution in [2.24, 2.45) is 11.8 Å². The van der Waals surface area contributed by atoms with Crippen molar-refractivity contribution in [1.82, 2.24) is 5.32 Å². The van der Waals surface area contributed by atoms with E-state index in [1.165, 1.54) is 4.90 Å². The minimum Gasteiger partial charge on any atom is -0.465 e. The molecule has 0 radical (unpaired) electrons. The number of carbonyl (C=O) groups is 3. The van der Waals surface area contributed by atoms with Crippen LogP contribution in [0.15, 0.2) is 54.6 Å². The van der Waals surface area contributed by atoms with Crippen LogP contribution in [0.3, 0.4) is 0 Å². The summed E-state index contributed by atoms with van der Waals surface area (Å²) in [7, 11) is 0. The van der Waals surface area contributed by atoms with E-state index in [-0.39, 0.29) is 18.4 Å². The molecule has 2 aromatic carbocycles. The normalized spacial score (nSPS) is 28.5. The number of hydrogen-bond donors (Lipinski definition) is 1. The summed E-state index contributed by atoms with van der Waals surface area (Å²) in [5.74, 6) is -2.69. The van der Waals surface area contributed by atoms with Crippen molar-refractivity contribution in [3.63, 3.8) is 0 Å². The SMILES string of the molecule is CCOC(=O)[C@@]1(C)N[C@@H](c2ccccc2C)[C@H]2C(=O)N(c3ccccc3)C(=O)[C@H]21. The standard InChI is InChI=1S/C23H24N2O4/c1-4-29-22(28)23(3)18-17(19(24-23)16-13-9-8-10-14(16)2)20(26)25(21(18)27)15-11-6-5-7-12-15/h5-13,17-19,24H,4H2,1-3H3/t17-,18-,19-,23-/m0/s1. The molecule has 6 nitrogen and oxygen atoms in total. The van der Waals surface area contributed by atoms with Gasteiger partial charge in [0.1, 0.15) is 5.54 Å². The van der Waals surface area contributed by atoms with E-state index in [9.17, 15) is 14.4 Å². The van der Waals surface area contributed by atoms with E-state index >= 15 is 0 Å². The summed E-state index contributed by atoms with van der Waals surface area (Å²) in [6.07, 6.45) is 0. The van der Waals surface area contributed by atoms with Gasteiger partial charge in [0.2, 0.25) is 11.8 Å². The summed E-state index contributed by atoms with van der Waals surface area (Å²) >= 11 is 0. The van der Waals surface area contributed by atoms with Crippen LogP contribution in [0.4, 0.5) is 5.69 Å². The zero-order valence-corrected chi connectivity index (χ0v) is 16.7. The molecule has 2 aliphatic rings. The summed E-state index contributed by atoms with van der Waals surface area (Å²) < 4.78 is 5.29. The van der Waals surface area contributed by atoms with Gasteiger partial charge in [-0.3, -0.25) is 19.7 Å². The first-order chi connectivity index (χ1) is 13.9. The Morgan fingerprint density at radius 2 is 1.72 bits per heavy atom. The predicted octanol–water partition coefficient (Wildman–Crippen LogP) is 2.77. The monoisotopic (exact) mass is 392 g/mol. The van der Waals surface area contributed by atoms with Crippen molar-refractivity contribution in [2.45, 2.75) is 32.4 Å². The number of hydrogen-bond acceptors (Lipinski definition) is 5. The lowest BCUT2D eigenvalue weighted by Gasteiger charge is -2.29. The quantitative estimate of drug-likeness (QED) is 0.640. The molecule has 2 fully saturated rings. The van der Waals surface area contributed by atoms with Gasteiger partial charge in [-0.1, -0.05) is 42.5 Å². The van der Waals surface area contributed by atoms with E-state index in [4.69, 9.17) is 4.74 Å². The molecule has 4 rings (SSSR count). The fourth-order valence-electron chi connectivity index (χ4n) is 4.64.